The van der Waals surface area contributed by atoms with Gasteiger partial charge in [-0.15, -0.1) is 0 Å². The monoisotopic (exact) mass is 282 g/mol. The van der Waals surface area contributed by atoms with E-state index in [2.05, 4.69) is 6.92 Å². The van der Waals surface area contributed by atoms with Crippen LogP contribution in [0.3, 0.4) is 0 Å². The van der Waals surface area contributed by atoms with Crippen molar-refractivity contribution in [1.82, 2.24) is 0 Å². The third-order valence-electron chi connectivity index (χ3n) is 2.94. The highest BCUT2D eigenvalue weighted by molar-refractivity contribution is 5.58. The van der Waals surface area contributed by atoms with Gasteiger partial charge in [0.2, 0.25) is 5.75 Å². The summed E-state index contributed by atoms with van der Waals surface area (Å²) in [6.45, 7) is 2.96. The lowest BCUT2D eigenvalue weighted by atomic mass is 10.1. The Kier molecular flexibility index (Phi) is 6.79. The number of benzene rings is 1. The van der Waals surface area contributed by atoms with Gasteiger partial charge in [-0.3, -0.25) is 10.1 Å². The molecule has 1 aromatic carbocycles. The van der Waals surface area contributed by atoms with Crippen molar-refractivity contribution in [3.8, 4) is 11.5 Å². The lowest BCUT2D eigenvalue weighted by molar-refractivity contribution is -0.386. The molecule has 2 N–H and O–H groups in total. The molecule has 0 spiro atoms. The maximum Gasteiger partial charge on any atom is 0.315 e. The van der Waals surface area contributed by atoms with Crippen molar-refractivity contribution < 1.29 is 14.4 Å². The van der Waals surface area contributed by atoms with Crippen LogP contribution in [0.5, 0.6) is 11.5 Å². The molecular weight excluding hydrogens is 260 g/mol. The Morgan fingerprint density at radius 1 is 1.35 bits per heavy atom. The molecule has 0 aliphatic rings. The van der Waals surface area contributed by atoms with Crippen LogP contribution in [0.4, 0.5) is 5.69 Å². The summed E-state index contributed by atoms with van der Waals surface area (Å²) in [5, 5.41) is 11.2. The van der Waals surface area contributed by atoms with E-state index < -0.39 is 4.92 Å². The van der Waals surface area contributed by atoms with E-state index in [-0.39, 0.29) is 11.4 Å². The van der Waals surface area contributed by atoms with Crippen LogP contribution in [0.1, 0.15) is 31.7 Å². The molecule has 1 rings (SSSR count). The van der Waals surface area contributed by atoms with E-state index in [0.29, 0.717) is 25.3 Å². The van der Waals surface area contributed by atoms with Crippen LogP contribution in [0, 0.1) is 10.1 Å². The molecule has 0 radical (unpaired) electrons. The maximum absolute atomic E-state index is 11.2. The molecule has 20 heavy (non-hydrogen) atoms. The SMILES string of the molecule is CCCCCOc1c(OC)cc(CCN)cc1[N+](=O)[O-]. The number of nitro benzene ring substituents is 1. The minimum absolute atomic E-state index is 0.0655. The van der Waals surface area contributed by atoms with Crippen LogP contribution in [-0.2, 0) is 6.42 Å². The van der Waals surface area contributed by atoms with E-state index in [0.717, 1.165) is 24.8 Å². The maximum atomic E-state index is 11.2. The summed E-state index contributed by atoms with van der Waals surface area (Å²) < 4.78 is 10.8. The Labute approximate surface area is 119 Å². The number of methoxy groups -OCH3 is 1. The Morgan fingerprint density at radius 2 is 2.10 bits per heavy atom. The number of nitrogens with two attached hydrogens (primary N) is 1. The van der Waals surface area contributed by atoms with Gasteiger partial charge in [0, 0.05) is 6.07 Å². The molecule has 0 aliphatic heterocycles. The summed E-state index contributed by atoms with van der Waals surface area (Å²) in [6.07, 6.45) is 3.52. The van der Waals surface area contributed by atoms with Crippen molar-refractivity contribution >= 4 is 5.69 Å². The molecule has 0 aliphatic carbocycles. The second-order valence-electron chi connectivity index (χ2n) is 4.50. The largest absolute Gasteiger partial charge is 0.493 e. The van der Waals surface area contributed by atoms with Crippen LogP contribution in [-0.4, -0.2) is 25.2 Å². The lowest BCUT2D eigenvalue weighted by Gasteiger charge is -2.12. The average Bonchev–Trinajstić information content (AvgIpc) is 2.44. The minimum Gasteiger partial charge on any atom is -0.493 e. The first-order chi connectivity index (χ1) is 9.63. The van der Waals surface area contributed by atoms with Gasteiger partial charge in [0.25, 0.3) is 0 Å². The van der Waals surface area contributed by atoms with Crippen molar-refractivity contribution in [2.24, 2.45) is 5.73 Å². The number of rotatable bonds is 9. The van der Waals surface area contributed by atoms with Gasteiger partial charge in [0.1, 0.15) is 0 Å². The summed E-state index contributed by atoms with van der Waals surface area (Å²) in [7, 11) is 1.48. The topological polar surface area (TPSA) is 87.6 Å². The van der Waals surface area contributed by atoms with Gasteiger partial charge in [-0.1, -0.05) is 19.8 Å². The number of hydrogen-bond acceptors (Lipinski definition) is 5. The van der Waals surface area contributed by atoms with Crippen molar-refractivity contribution in [3.63, 3.8) is 0 Å². The van der Waals surface area contributed by atoms with Gasteiger partial charge >= 0.3 is 5.69 Å². The highest BCUT2D eigenvalue weighted by Gasteiger charge is 2.22. The van der Waals surface area contributed by atoms with Crippen LogP contribution in [0.2, 0.25) is 0 Å². The van der Waals surface area contributed by atoms with Crippen molar-refractivity contribution in [3.05, 3.63) is 27.8 Å². The zero-order valence-corrected chi connectivity index (χ0v) is 12.1. The molecule has 6 nitrogen and oxygen atoms in total. The summed E-state index contributed by atoms with van der Waals surface area (Å²) in [6, 6.07) is 3.25. The van der Waals surface area contributed by atoms with Gasteiger partial charge in [-0.2, -0.15) is 0 Å². The summed E-state index contributed by atoms with van der Waals surface area (Å²) in [4.78, 5) is 10.7. The fourth-order valence-corrected chi connectivity index (χ4v) is 1.91. The van der Waals surface area contributed by atoms with Gasteiger partial charge in [0.05, 0.1) is 18.6 Å². The highest BCUT2D eigenvalue weighted by atomic mass is 16.6. The molecule has 0 aromatic heterocycles. The third kappa shape index (κ3) is 4.38. The van der Waals surface area contributed by atoms with Crippen LogP contribution < -0.4 is 15.2 Å². The quantitative estimate of drug-likeness (QED) is 0.427. The first-order valence-corrected chi connectivity index (χ1v) is 6.82. The van der Waals surface area contributed by atoms with E-state index in [1.54, 1.807) is 6.07 Å². The summed E-state index contributed by atoms with van der Waals surface area (Å²) in [5.41, 5.74) is 6.20. The van der Waals surface area contributed by atoms with E-state index in [9.17, 15) is 10.1 Å². The summed E-state index contributed by atoms with van der Waals surface area (Å²) in [5.74, 6) is 0.591. The van der Waals surface area contributed by atoms with Gasteiger partial charge in [0.15, 0.2) is 5.75 Å². The molecule has 6 heteroatoms. The second kappa shape index (κ2) is 8.37. The molecule has 0 heterocycles. The Balaban J connectivity index is 3.01. The number of nitro groups is 1. The van der Waals surface area contributed by atoms with Crippen molar-refractivity contribution in [2.45, 2.75) is 32.6 Å². The van der Waals surface area contributed by atoms with Crippen LogP contribution >= 0.6 is 0 Å². The van der Waals surface area contributed by atoms with E-state index in [4.69, 9.17) is 15.2 Å². The van der Waals surface area contributed by atoms with Crippen molar-refractivity contribution in [2.75, 3.05) is 20.3 Å². The average molecular weight is 282 g/mol. The van der Waals surface area contributed by atoms with E-state index >= 15 is 0 Å². The molecule has 0 saturated carbocycles. The molecule has 0 fully saturated rings. The molecule has 0 amide bonds. The number of hydrogen-bond donors (Lipinski definition) is 1. The van der Waals surface area contributed by atoms with Gasteiger partial charge in [-0.25, -0.2) is 0 Å². The van der Waals surface area contributed by atoms with Gasteiger partial charge < -0.3 is 15.2 Å². The molecule has 0 unspecified atom stereocenters. The molecule has 0 atom stereocenters. The standard InChI is InChI=1S/C14H22N2O4/c1-3-4-5-8-20-14-12(16(17)18)9-11(6-7-15)10-13(14)19-2/h9-10H,3-8,15H2,1-2H3. The first-order valence-electron chi connectivity index (χ1n) is 6.82. The molecular formula is C14H22N2O4. The van der Waals surface area contributed by atoms with Crippen molar-refractivity contribution in [1.29, 1.82) is 0 Å². The zero-order valence-electron chi connectivity index (χ0n) is 12.1. The Morgan fingerprint density at radius 3 is 2.65 bits per heavy atom. The fraction of sp³-hybridized carbons (Fsp3) is 0.571. The van der Waals surface area contributed by atoms with E-state index in [1.807, 2.05) is 0 Å². The molecule has 112 valence electrons. The van der Waals surface area contributed by atoms with Crippen LogP contribution in [0.15, 0.2) is 12.1 Å². The Bertz CT molecular complexity index is 449. The predicted octanol–water partition coefficient (Wildman–Crippen LogP) is 2.67. The lowest BCUT2D eigenvalue weighted by Crippen LogP contribution is -2.06. The number of ether oxygens (including phenoxy) is 2. The normalized spacial score (nSPS) is 10.3. The minimum atomic E-state index is -0.447. The number of unbranched alkanes of at least 4 members (excludes halogenated alkanes) is 2. The fourth-order valence-electron chi connectivity index (χ4n) is 1.91. The Hall–Kier alpha value is -1.82. The van der Waals surface area contributed by atoms with E-state index in [1.165, 1.54) is 13.2 Å². The van der Waals surface area contributed by atoms with Gasteiger partial charge in [-0.05, 0) is 31.0 Å². The predicted molar refractivity (Wildman–Crippen MR) is 77.4 cm³/mol. The second-order valence-corrected chi connectivity index (χ2v) is 4.50. The number of nitrogens with zero attached hydrogens (tertiary/aromatic N) is 1. The third-order valence-corrected chi connectivity index (χ3v) is 2.94. The molecule has 1 aromatic rings. The summed E-state index contributed by atoms with van der Waals surface area (Å²) >= 11 is 0. The molecule has 0 bridgehead atoms. The highest BCUT2D eigenvalue weighted by Crippen LogP contribution is 2.38. The smallest absolute Gasteiger partial charge is 0.315 e. The zero-order chi connectivity index (χ0) is 15.0. The first kappa shape index (κ1) is 16.2. The molecule has 0 saturated heterocycles. The van der Waals surface area contributed by atoms with Crippen LogP contribution in [0.25, 0.3) is 0 Å².